The number of carbonyl (C=O) groups is 2. The number of nitrogens with one attached hydrogen (secondary N) is 1. The first-order valence-electron chi connectivity index (χ1n) is 6.55. The predicted molar refractivity (Wildman–Crippen MR) is 78.2 cm³/mol. The Morgan fingerprint density at radius 3 is 2.57 bits per heavy atom. The summed E-state index contributed by atoms with van der Waals surface area (Å²) in [6, 6.07) is 3.09. The average molecular weight is 319 g/mol. The number of hydrogen-bond donors (Lipinski definition) is 1. The number of methoxy groups -OCH3 is 2. The molecular weight excluding hydrogens is 305 g/mol. The molecule has 0 aliphatic carbocycles. The lowest BCUT2D eigenvalue weighted by Gasteiger charge is -2.13. The van der Waals surface area contributed by atoms with Gasteiger partial charge in [-0.3, -0.25) is 4.79 Å². The van der Waals surface area contributed by atoms with Crippen LogP contribution in [-0.2, 0) is 16.1 Å². The summed E-state index contributed by atoms with van der Waals surface area (Å²) in [5.74, 6) is -1.29. The molecule has 8 heteroatoms. The number of halogens is 1. The summed E-state index contributed by atoms with van der Waals surface area (Å²) in [7, 11) is 2.57. The third-order valence-corrected chi connectivity index (χ3v) is 3.12. The van der Waals surface area contributed by atoms with E-state index in [2.05, 4.69) is 20.0 Å². The highest BCUT2D eigenvalue weighted by atomic mass is 19.1. The molecule has 1 N–H and O–H groups in total. The van der Waals surface area contributed by atoms with Crippen LogP contribution >= 0.6 is 0 Å². The molecule has 23 heavy (non-hydrogen) atoms. The van der Waals surface area contributed by atoms with Crippen molar-refractivity contribution in [3.8, 4) is 16.9 Å². The topological polar surface area (TPSA) is 90.4 Å². The van der Waals surface area contributed by atoms with Gasteiger partial charge in [0.15, 0.2) is 11.6 Å². The van der Waals surface area contributed by atoms with Crippen LogP contribution in [-0.4, -0.2) is 36.6 Å². The van der Waals surface area contributed by atoms with Crippen molar-refractivity contribution in [2.45, 2.75) is 6.54 Å². The predicted octanol–water partition coefficient (Wildman–Crippen LogP) is 1.32. The lowest BCUT2D eigenvalue weighted by molar-refractivity contribution is -0.109. The Labute approximate surface area is 131 Å². The largest absolute Gasteiger partial charge is 0.494 e. The van der Waals surface area contributed by atoms with Crippen molar-refractivity contribution >= 4 is 12.4 Å². The number of rotatable bonds is 6. The standard InChI is InChI=1S/C15H14FN3O4/c1-22-12-4-3-10(11(13(12)16)7-17-8-20)9-5-18-14(19-6-9)15(21)23-2/h3-6,8H,7H2,1-2H3,(H,17,20). The smallest absolute Gasteiger partial charge is 0.376 e. The Balaban J connectivity index is 2.47. The van der Waals surface area contributed by atoms with Crippen molar-refractivity contribution < 1.29 is 23.5 Å². The fourth-order valence-electron chi connectivity index (χ4n) is 2.01. The minimum Gasteiger partial charge on any atom is -0.494 e. The van der Waals surface area contributed by atoms with Gasteiger partial charge in [-0.05, 0) is 11.6 Å². The highest BCUT2D eigenvalue weighted by Gasteiger charge is 2.16. The summed E-state index contributed by atoms with van der Waals surface area (Å²) in [6.07, 6.45) is 3.23. The Bertz CT molecular complexity index is 719. The van der Waals surface area contributed by atoms with E-state index in [-0.39, 0.29) is 23.7 Å². The molecule has 1 heterocycles. The molecule has 0 aliphatic rings. The first-order chi connectivity index (χ1) is 11.1. The zero-order valence-electron chi connectivity index (χ0n) is 12.5. The maximum Gasteiger partial charge on any atom is 0.376 e. The molecule has 120 valence electrons. The van der Waals surface area contributed by atoms with Gasteiger partial charge in [-0.25, -0.2) is 19.2 Å². The molecule has 0 spiro atoms. The van der Waals surface area contributed by atoms with Crippen LogP contribution in [0, 0.1) is 5.82 Å². The summed E-state index contributed by atoms with van der Waals surface area (Å²) in [6.45, 7) is -0.0272. The maximum absolute atomic E-state index is 14.4. The fraction of sp³-hybridized carbons (Fsp3) is 0.200. The number of carbonyl (C=O) groups excluding carboxylic acids is 2. The molecule has 0 fully saturated rings. The number of nitrogens with zero attached hydrogens (tertiary/aromatic N) is 2. The molecule has 2 rings (SSSR count). The molecule has 1 aromatic heterocycles. The number of esters is 1. The van der Waals surface area contributed by atoms with Crippen LogP contribution in [0.1, 0.15) is 16.2 Å². The molecule has 0 unspecified atom stereocenters. The van der Waals surface area contributed by atoms with E-state index >= 15 is 0 Å². The second kappa shape index (κ2) is 7.30. The van der Waals surface area contributed by atoms with Gasteiger partial charge in [-0.2, -0.15) is 0 Å². The molecular formula is C15H14FN3O4. The van der Waals surface area contributed by atoms with Crippen molar-refractivity contribution in [1.29, 1.82) is 0 Å². The van der Waals surface area contributed by atoms with Gasteiger partial charge >= 0.3 is 5.97 Å². The number of aromatic nitrogens is 2. The van der Waals surface area contributed by atoms with E-state index in [1.165, 1.54) is 32.7 Å². The van der Waals surface area contributed by atoms with Crippen LogP contribution in [0.3, 0.4) is 0 Å². The van der Waals surface area contributed by atoms with E-state index in [0.29, 0.717) is 17.5 Å². The lowest BCUT2D eigenvalue weighted by atomic mass is 10.0. The van der Waals surface area contributed by atoms with Crippen molar-refractivity contribution in [1.82, 2.24) is 15.3 Å². The van der Waals surface area contributed by atoms with Crippen LogP contribution in [0.15, 0.2) is 24.5 Å². The number of ether oxygens (including phenoxy) is 2. The van der Waals surface area contributed by atoms with Gasteiger partial charge < -0.3 is 14.8 Å². The van der Waals surface area contributed by atoms with E-state index in [1.807, 2.05) is 0 Å². The van der Waals surface area contributed by atoms with Crippen molar-refractivity contribution in [2.24, 2.45) is 0 Å². The van der Waals surface area contributed by atoms with E-state index < -0.39 is 11.8 Å². The summed E-state index contributed by atoms with van der Waals surface area (Å²) in [5, 5.41) is 2.41. The summed E-state index contributed by atoms with van der Waals surface area (Å²) in [4.78, 5) is 29.6. The zero-order valence-corrected chi connectivity index (χ0v) is 12.5. The van der Waals surface area contributed by atoms with E-state index in [9.17, 15) is 14.0 Å². The van der Waals surface area contributed by atoms with Gasteiger partial charge in [-0.15, -0.1) is 0 Å². The maximum atomic E-state index is 14.4. The first-order valence-corrected chi connectivity index (χ1v) is 6.55. The molecule has 1 aromatic carbocycles. The van der Waals surface area contributed by atoms with Gasteiger partial charge in [0.2, 0.25) is 12.2 Å². The minimum absolute atomic E-state index is 0.0272. The van der Waals surface area contributed by atoms with Gasteiger partial charge in [-0.1, -0.05) is 6.07 Å². The van der Waals surface area contributed by atoms with E-state index in [0.717, 1.165) is 0 Å². The van der Waals surface area contributed by atoms with Crippen LogP contribution in [0.5, 0.6) is 5.75 Å². The third kappa shape index (κ3) is 3.42. The second-order valence-corrected chi connectivity index (χ2v) is 4.39. The molecule has 0 saturated heterocycles. The number of hydrogen-bond acceptors (Lipinski definition) is 6. The summed E-state index contributed by atoms with van der Waals surface area (Å²) >= 11 is 0. The van der Waals surface area contributed by atoms with Crippen molar-refractivity contribution in [3.63, 3.8) is 0 Å². The monoisotopic (exact) mass is 319 g/mol. The Morgan fingerprint density at radius 2 is 2.00 bits per heavy atom. The first kappa shape index (κ1) is 16.3. The van der Waals surface area contributed by atoms with E-state index in [1.54, 1.807) is 6.07 Å². The molecule has 1 amide bonds. The van der Waals surface area contributed by atoms with Gasteiger partial charge in [0.1, 0.15) is 0 Å². The highest BCUT2D eigenvalue weighted by molar-refractivity contribution is 5.85. The van der Waals surface area contributed by atoms with Gasteiger partial charge in [0, 0.05) is 30.1 Å². The average Bonchev–Trinajstić information content (AvgIpc) is 2.60. The van der Waals surface area contributed by atoms with Crippen LogP contribution in [0.25, 0.3) is 11.1 Å². The fourth-order valence-corrected chi connectivity index (χ4v) is 2.01. The summed E-state index contributed by atoms with van der Waals surface area (Å²) < 4.78 is 23.9. The summed E-state index contributed by atoms with van der Waals surface area (Å²) in [5.41, 5.74) is 1.20. The van der Waals surface area contributed by atoms with Crippen molar-refractivity contribution in [3.05, 3.63) is 41.7 Å². The normalized spacial score (nSPS) is 10.0. The van der Waals surface area contributed by atoms with Gasteiger partial charge in [0.05, 0.1) is 14.2 Å². The minimum atomic E-state index is -0.666. The number of benzene rings is 1. The molecule has 0 saturated carbocycles. The van der Waals surface area contributed by atoms with Crippen LogP contribution < -0.4 is 10.1 Å². The second-order valence-electron chi connectivity index (χ2n) is 4.39. The van der Waals surface area contributed by atoms with Gasteiger partial charge in [0.25, 0.3) is 0 Å². The third-order valence-electron chi connectivity index (χ3n) is 3.12. The molecule has 2 aromatic rings. The Hall–Kier alpha value is -3.03. The molecule has 0 bridgehead atoms. The molecule has 0 atom stereocenters. The molecule has 0 aliphatic heterocycles. The SMILES string of the molecule is COC(=O)c1ncc(-c2ccc(OC)c(F)c2CNC=O)cn1. The Morgan fingerprint density at radius 1 is 1.30 bits per heavy atom. The molecule has 0 radical (unpaired) electrons. The zero-order chi connectivity index (χ0) is 16.8. The number of amides is 1. The van der Waals surface area contributed by atoms with Crippen LogP contribution in [0.2, 0.25) is 0 Å². The highest BCUT2D eigenvalue weighted by Crippen LogP contribution is 2.30. The molecule has 7 nitrogen and oxygen atoms in total. The lowest BCUT2D eigenvalue weighted by Crippen LogP contribution is -2.13. The Kier molecular flexibility index (Phi) is 5.19. The van der Waals surface area contributed by atoms with Crippen molar-refractivity contribution in [2.75, 3.05) is 14.2 Å². The van der Waals surface area contributed by atoms with E-state index in [4.69, 9.17) is 4.74 Å². The quantitative estimate of drug-likeness (QED) is 0.638. The van der Waals surface area contributed by atoms with Crippen LogP contribution in [0.4, 0.5) is 4.39 Å².